The van der Waals surface area contributed by atoms with Crippen molar-refractivity contribution in [3.05, 3.63) is 28.8 Å². The van der Waals surface area contributed by atoms with Crippen LogP contribution in [0.1, 0.15) is 67.7 Å². The van der Waals surface area contributed by atoms with Gasteiger partial charge in [0.1, 0.15) is 5.75 Å². The van der Waals surface area contributed by atoms with Crippen molar-refractivity contribution in [3.63, 3.8) is 0 Å². The van der Waals surface area contributed by atoms with Crippen LogP contribution in [0.4, 0.5) is 0 Å². The number of hydrogen-bond donors (Lipinski definition) is 1. The van der Waals surface area contributed by atoms with Gasteiger partial charge in [0.25, 0.3) is 0 Å². The molecular formula is C18H29NO. The van der Waals surface area contributed by atoms with Crippen molar-refractivity contribution in [2.75, 3.05) is 7.11 Å². The first-order valence-corrected chi connectivity index (χ1v) is 8.02. The fourth-order valence-corrected chi connectivity index (χ4v) is 3.58. The molecule has 0 aromatic heterocycles. The Balaban J connectivity index is 1.96. The number of rotatable bonds is 5. The van der Waals surface area contributed by atoms with E-state index in [-0.39, 0.29) is 6.04 Å². The van der Waals surface area contributed by atoms with Gasteiger partial charge in [0.15, 0.2) is 0 Å². The van der Waals surface area contributed by atoms with E-state index in [0.717, 1.165) is 18.1 Å². The van der Waals surface area contributed by atoms with Gasteiger partial charge in [0.05, 0.1) is 7.11 Å². The molecule has 2 rings (SSSR count). The molecule has 0 aliphatic heterocycles. The van der Waals surface area contributed by atoms with E-state index in [4.69, 9.17) is 10.5 Å². The van der Waals surface area contributed by atoms with Crippen LogP contribution in [0.3, 0.4) is 0 Å². The summed E-state index contributed by atoms with van der Waals surface area (Å²) in [6.07, 6.45) is 9.47. The molecule has 1 aromatic carbocycles. The SMILES string of the molecule is COc1c(C)cc(C(N)CCC2CCCCC2)cc1C. The standard InChI is InChI=1S/C18H29NO/c1-13-11-16(12-14(2)18(13)20-3)17(19)10-9-15-7-5-4-6-8-15/h11-12,15,17H,4-10,19H2,1-3H3. The third kappa shape index (κ3) is 3.76. The highest BCUT2D eigenvalue weighted by Crippen LogP contribution is 2.31. The fourth-order valence-electron chi connectivity index (χ4n) is 3.58. The Labute approximate surface area is 123 Å². The Morgan fingerprint density at radius 3 is 2.30 bits per heavy atom. The molecule has 0 heterocycles. The molecular weight excluding hydrogens is 246 g/mol. The first kappa shape index (κ1) is 15.4. The van der Waals surface area contributed by atoms with Crippen LogP contribution in [-0.2, 0) is 0 Å². The zero-order chi connectivity index (χ0) is 14.5. The first-order valence-electron chi connectivity index (χ1n) is 8.02. The fraction of sp³-hybridized carbons (Fsp3) is 0.667. The molecule has 0 spiro atoms. The molecule has 2 N–H and O–H groups in total. The van der Waals surface area contributed by atoms with Gasteiger partial charge in [-0.25, -0.2) is 0 Å². The average Bonchev–Trinajstić information content (AvgIpc) is 2.45. The van der Waals surface area contributed by atoms with Gasteiger partial charge in [-0.05, 0) is 49.3 Å². The smallest absolute Gasteiger partial charge is 0.124 e. The minimum absolute atomic E-state index is 0.167. The summed E-state index contributed by atoms with van der Waals surface area (Å²) < 4.78 is 5.42. The Hall–Kier alpha value is -1.02. The van der Waals surface area contributed by atoms with Crippen LogP contribution in [0, 0.1) is 19.8 Å². The minimum atomic E-state index is 0.167. The molecule has 20 heavy (non-hydrogen) atoms. The molecule has 1 aromatic rings. The maximum Gasteiger partial charge on any atom is 0.124 e. The summed E-state index contributed by atoms with van der Waals surface area (Å²) >= 11 is 0. The van der Waals surface area contributed by atoms with Crippen molar-refractivity contribution in [2.45, 2.75) is 64.8 Å². The number of nitrogens with two attached hydrogens (primary N) is 1. The molecule has 2 nitrogen and oxygen atoms in total. The molecule has 112 valence electrons. The van der Waals surface area contributed by atoms with Gasteiger partial charge >= 0.3 is 0 Å². The summed E-state index contributed by atoms with van der Waals surface area (Å²) in [5.74, 6) is 1.91. The molecule has 0 bridgehead atoms. The van der Waals surface area contributed by atoms with Gasteiger partial charge in [0.2, 0.25) is 0 Å². The third-order valence-corrected chi connectivity index (χ3v) is 4.73. The Bertz CT molecular complexity index is 412. The summed E-state index contributed by atoms with van der Waals surface area (Å²) in [6.45, 7) is 4.20. The van der Waals surface area contributed by atoms with Gasteiger partial charge in [-0.15, -0.1) is 0 Å². The van der Waals surface area contributed by atoms with Gasteiger partial charge in [0, 0.05) is 6.04 Å². The van der Waals surface area contributed by atoms with Crippen LogP contribution in [0.15, 0.2) is 12.1 Å². The minimum Gasteiger partial charge on any atom is -0.496 e. The van der Waals surface area contributed by atoms with Crippen LogP contribution in [0.5, 0.6) is 5.75 Å². The predicted octanol–water partition coefficient (Wildman–Crippen LogP) is 4.67. The molecule has 1 aliphatic carbocycles. The van der Waals surface area contributed by atoms with Gasteiger partial charge < -0.3 is 10.5 Å². The van der Waals surface area contributed by atoms with E-state index in [1.165, 1.54) is 55.2 Å². The van der Waals surface area contributed by atoms with E-state index < -0.39 is 0 Å². The number of aryl methyl sites for hydroxylation is 2. The maximum absolute atomic E-state index is 6.40. The van der Waals surface area contributed by atoms with E-state index in [1.807, 2.05) is 0 Å². The van der Waals surface area contributed by atoms with Gasteiger partial charge in [-0.3, -0.25) is 0 Å². The molecule has 1 unspecified atom stereocenters. The van der Waals surface area contributed by atoms with E-state index in [0.29, 0.717) is 0 Å². The van der Waals surface area contributed by atoms with Crippen LogP contribution in [0.25, 0.3) is 0 Å². The summed E-state index contributed by atoms with van der Waals surface area (Å²) in [5.41, 5.74) is 10.0. The van der Waals surface area contributed by atoms with E-state index in [1.54, 1.807) is 7.11 Å². The first-order chi connectivity index (χ1) is 9.61. The topological polar surface area (TPSA) is 35.2 Å². The van der Waals surface area contributed by atoms with Crippen molar-refractivity contribution in [1.82, 2.24) is 0 Å². The van der Waals surface area contributed by atoms with E-state index in [9.17, 15) is 0 Å². The molecule has 1 atom stereocenters. The number of ether oxygens (including phenoxy) is 1. The molecule has 1 fully saturated rings. The lowest BCUT2D eigenvalue weighted by Gasteiger charge is -2.23. The quantitative estimate of drug-likeness (QED) is 0.847. The second-order valence-electron chi connectivity index (χ2n) is 6.38. The normalized spacial score (nSPS) is 18.0. The second-order valence-corrected chi connectivity index (χ2v) is 6.38. The summed E-state index contributed by atoms with van der Waals surface area (Å²) in [5, 5.41) is 0. The largest absolute Gasteiger partial charge is 0.496 e. The average molecular weight is 275 g/mol. The number of benzene rings is 1. The molecule has 0 saturated heterocycles. The number of methoxy groups -OCH3 is 1. The van der Waals surface area contributed by atoms with E-state index in [2.05, 4.69) is 26.0 Å². The monoisotopic (exact) mass is 275 g/mol. The van der Waals surface area contributed by atoms with Crippen LogP contribution < -0.4 is 10.5 Å². The third-order valence-electron chi connectivity index (χ3n) is 4.73. The van der Waals surface area contributed by atoms with Crippen LogP contribution in [-0.4, -0.2) is 7.11 Å². The molecule has 0 amide bonds. The highest BCUT2D eigenvalue weighted by Gasteiger charge is 2.16. The lowest BCUT2D eigenvalue weighted by Crippen LogP contribution is -2.14. The summed E-state index contributed by atoms with van der Waals surface area (Å²) in [4.78, 5) is 0. The summed E-state index contributed by atoms with van der Waals surface area (Å²) in [6, 6.07) is 4.55. The molecule has 1 saturated carbocycles. The van der Waals surface area contributed by atoms with E-state index >= 15 is 0 Å². The maximum atomic E-state index is 6.40. The van der Waals surface area contributed by atoms with Gasteiger partial charge in [-0.2, -0.15) is 0 Å². The predicted molar refractivity (Wildman–Crippen MR) is 85.2 cm³/mol. The Morgan fingerprint density at radius 2 is 1.75 bits per heavy atom. The van der Waals surface area contributed by atoms with Gasteiger partial charge in [-0.1, -0.05) is 44.2 Å². The zero-order valence-corrected chi connectivity index (χ0v) is 13.2. The second kappa shape index (κ2) is 7.12. The van der Waals surface area contributed by atoms with Crippen molar-refractivity contribution in [3.8, 4) is 5.75 Å². The molecule has 1 aliphatic rings. The van der Waals surface area contributed by atoms with Crippen molar-refractivity contribution in [2.24, 2.45) is 11.7 Å². The van der Waals surface area contributed by atoms with Crippen molar-refractivity contribution in [1.29, 1.82) is 0 Å². The summed E-state index contributed by atoms with van der Waals surface area (Å²) in [7, 11) is 1.73. The van der Waals surface area contributed by atoms with Crippen LogP contribution in [0.2, 0.25) is 0 Å². The Kier molecular flexibility index (Phi) is 5.47. The van der Waals surface area contributed by atoms with Crippen molar-refractivity contribution >= 4 is 0 Å². The molecule has 2 heteroatoms. The lowest BCUT2D eigenvalue weighted by atomic mass is 9.84. The van der Waals surface area contributed by atoms with Crippen LogP contribution >= 0.6 is 0 Å². The highest BCUT2D eigenvalue weighted by atomic mass is 16.5. The Morgan fingerprint density at radius 1 is 1.15 bits per heavy atom. The highest BCUT2D eigenvalue weighted by molar-refractivity contribution is 5.44. The van der Waals surface area contributed by atoms with Crippen molar-refractivity contribution < 1.29 is 4.74 Å². The lowest BCUT2D eigenvalue weighted by molar-refractivity contribution is 0.324. The number of hydrogen-bond acceptors (Lipinski definition) is 2. The zero-order valence-electron chi connectivity index (χ0n) is 13.2. The molecule has 0 radical (unpaired) electrons.